The van der Waals surface area contributed by atoms with E-state index in [1.165, 1.54) is 13.3 Å². The van der Waals surface area contributed by atoms with Gasteiger partial charge >= 0.3 is 0 Å². The van der Waals surface area contributed by atoms with E-state index in [4.69, 9.17) is 15.7 Å². The average Bonchev–Trinajstić information content (AvgIpc) is 2.47. The Hall–Kier alpha value is -2.39. The number of hydrogen-bond acceptors (Lipinski definition) is 5. The summed E-state index contributed by atoms with van der Waals surface area (Å²) in [5.41, 5.74) is 7.32. The van der Waals surface area contributed by atoms with Crippen molar-refractivity contribution in [3.05, 3.63) is 47.8 Å². The van der Waals surface area contributed by atoms with Gasteiger partial charge in [-0.3, -0.25) is 4.21 Å². The first-order valence-corrected chi connectivity index (χ1v) is 7.13. The minimum atomic E-state index is -1.28. The molecule has 2 aromatic rings. The van der Waals surface area contributed by atoms with Crippen molar-refractivity contribution >= 4 is 16.5 Å². The van der Waals surface area contributed by atoms with Gasteiger partial charge in [0.1, 0.15) is 17.5 Å². The molecule has 0 aliphatic rings. The lowest BCUT2D eigenvalue weighted by Gasteiger charge is -2.09. The fourth-order valence-corrected chi connectivity index (χ4v) is 2.95. The molecular formula is C14H13N3O2S. The normalized spacial score (nSPS) is 11.6. The van der Waals surface area contributed by atoms with Crippen LogP contribution >= 0.6 is 0 Å². The van der Waals surface area contributed by atoms with Crippen LogP contribution in [0.4, 0.5) is 5.69 Å². The average molecular weight is 287 g/mol. The van der Waals surface area contributed by atoms with Gasteiger partial charge in [0.05, 0.1) is 28.6 Å². The predicted octanol–water partition coefficient (Wildman–Crippen LogP) is 1.85. The summed E-state index contributed by atoms with van der Waals surface area (Å²) in [5.74, 6) is 0.787. The topological polar surface area (TPSA) is 89.0 Å². The van der Waals surface area contributed by atoms with Crippen LogP contribution in [0.3, 0.4) is 0 Å². The zero-order valence-corrected chi connectivity index (χ0v) is 11.7. The van der Waals surface area contributed by atoms with Gasteiger partial charge in [0.25, 0.3) is 0 Å². The Morgan fingerprint density at radius 3 is 2.90 bits per heavy atom. The second-order valence-corrected chi connectivity index (χ2v) is 5.48. The number of nitrogen functional groups attached to an aromatic ring is 1. The van der Waals surface area contributed by atoms with Crippen molar-refractivity contribution in [2.45, 2.75) is 10.6 Å². The third kappa shape index (κ3) is 3.13. The Labute approximate surface area is 119 Å². The maximum Gasteiger partial charge on any atom is 0.140 e. The molecule has 0 saturated carbocycles. The third-order valence-corrected chi connectivity index (χ3v) is 4.09. The molecule has 0 radical (unpaired) electrons. The van der Waals surface area contributed by atoms with E-state index in [0.29, 0.717) is 22.0 Å². The molecule has 2 rings (SSSR count). The number of nitriles is 1. The predicted molar refractivity (Wildman–Crippen MR) is 76.5 cm³/mol. The SMILES string of the molecule is COc1cc(N)ccc1S(=O)Cc1ccnc(C#N)c1. The molecule has 20 heavy (non-hydrogen) atoms. The van der Waals surface area contributed by atoms with Crippen molar-refractivity contribution in [1.29, 1.82) is 5.26 Å². The molecule has 102 valence electrons. The highest BCUT2D eigenvalue weighted by molar-refractivity contribution is 7.84. The zero-order chi connectivity index (χ0) is 14.5. The van der Waals surface area contributed by atoms with Crippen LogP contribution in [0.1, 0.15) is 11.3 Å². The summed E-state index contributed by atoms with van der Waals surface area (Å²) >= 11 is 0. The molecule has 1 aromatic carbocycles. The van der Waals surface area contributed by atoms with Gasteiger partial charge in [-0.15, -0.1) is 0 Å². The highest BCUT2D eigenvalue weighted by atomic mass is 32.2. The number of aromatic nitrogens is 1. The molecule has 0 fully saturated rings. The van der Waals surface area contributed by atoms with Crippen LogP contribution in [0.25, 0.3) is 0 Å². The summed E-state index contributed by atoms with van der Waals surface area (Å²) in [5, 5.41) is 8.80. The highest BCUT2D eigenvalue weighted by Gasteiger charge is 2.12. The van der Waals surface area contributed by atoms with E-state index in [-0.39, 0.29) is 5.75 Å². The van der Waals surface area contributed by atoms with E-state index in [2.05, 4.69) is 4.98 Å². The lowest BCUT2D eigenvalue weighted by molar-refractivity contribution is 0.404. The fraction of sp³-hybridized carbons (Fsp3) is 0.143. The lowest BCUT2D eigenvalue weighted by atomic mass is 10.2. The molecule has 0 bridgehead atoms. The Balaban J connectivity index is 2.26. The Bertz CT molecular complexity index is 695. The summed E-state index contributed by atoms with van der Waals surface area (Å²) in [6.45, 7) is 0. The van der Waals surface area contributed by atoms with E-state index in [1.54, 1.807) is 30.3 Å². The summed E-state index contributed by atoms with van der Waals surface area (Å²) in [7, 11) is 0.228. The number of hydrogen-bond donors (Lipinski definition) is 1. The molecule has 1 aromatic heterocycles. The summed E-state index contributed by atoms with van der Waals surface area (Å²) in [4.78, 5) is 4.46. The van der Waals surface area contributed by atoms with Crippen LogP contribution in [0.5, 0.6) is 5.75 Å². The van der Waals surface area contributed by atoms with Gasteiger partial charge in [-0.1, -0.05) is 0 Å². The summed E-state index contributed by atoms with van der Waals surface area (Å²) in [6, 6.07) is 10.3. The maximum absolute atomic E-state index is 12.4. The van der Waals surface area contributed by atoms with Crippen LogP contribution < -0.4 is 10.5 Å². The number of pyridine rings is 1. The van der Waals surface area contributed by atoms with E-state index < -0.39 is 10.8 Å². The van der Waals surface area contributed by atoms with Crippen molar-refractivity contribution in [2.75, 3.05) is 12.8 Å². The monoisotopic (exact) mass is 287 g/mol. The molecule has 0 spiro atoms. The largest absolute Gasteiger partial charge is 0.495 e. The van der Waals surface area contributed by atoms with Gasteiger partial charge < -0.3 is 10.5 Å². The van der Waals surface area contributed by atoms with Crippen molar-refractivity contribution in [3.8, 4) is 11.8 Å². The Morgan fingerprint density at radius 1 is 1.40 bits per heavy atom. The minimum absolute atomic E-state index is 0.289. The Kier molecular flexibility index (Phi) is 4.33. The molecule has 1 unspecified atom stereocenters. The molecular weight excluding hydrogens is 274 g/mol. The first-order valence-electron chi connectivity index (χ1n) is 5.81. The van der Waals surface area contributed by atoms with Gasteiger partial charge in [0, 0.05) is 18.0 Å². The molecule has 2 N–H and O–H groups in total. The van der Waals surface area contributed by atoms with E-state index in [9.17, 15) is 4.21 Å². The van der Waals surface area contributed by atoms with Gasteiger partial charge in [0.2, 0.25) is 0 Å². The van der Waals surface area contributed by atoms with Gasteiger partial charge in [-0.25, -0.2) is 4.98 Å². The molecule has 0 saturated heterocycles. The van der Waals surface area contributed by atoms with Crippen molar-refractivity contribution < 1.29 is 8.95 Å². The molecule has 0 amide bonds. The van der Waals surface area contributed by atoms with Crippen LogP contribution in [-0.4, -0.2) is 16.3 Å². The van der Waals surface area contributed by atoms with Crippen molar-refractivity contribution in [3.63, 3.8) is 0 Å². The fourth-order valence-electron chi connectivity index (χ4n) is 1.73. The number of anilines is 1. The minimum Gasteiger partial charge on any atom is -0.495 e. The maximum atomic E-state index is 12.4. The summed E-state index contributed by atoms with van der Waals surface area (Å²) < 4.78 is 17.6. The molecule has 6 heteroatoms. The number of nitrogens with two attached hydrogens (primary N) is 1. The number of rotatable bonds is 4. The van der Waals surface area contributed by atoms with Gasteiger partial charge in [-0.2, -0.15) is 5.26 Å². The number of ether oxygens (including phenoxy) is 1. The van der Waals surface area contributed by atoms with E-state index >= 15 is 0 Å². The molecule has 0 aliphatic carbocycles. The van der Waals surface area contributed by atoms with Crippen molar-refractivity contribution in [2.24, 2.45) is 0 Å². The van der Waals surface area contributed by atoms with Gasteiger partial charge in [0.15, 0.2) is 0 Å². The standard InChI is InChI=1S/C14H13N3O2S/c1-19-13-7-11(16)2-3-14(13)20(18)9-10-4-5-17-12(6-10)8-15/h2-7H,9,16H2,1H3. The third-order valence-electron chi connectivity index (χ3n) is 2.67. The molecule has 1 atom stereocenters. The van der Waals surface area contributed by atoms with Crippen molar-refractivity contribution in [1.82, 2.24) is 4.98 Å². The summed E-state index contributed by atoms with van der Waals surface area (Å²) in [6.07, 6.45) is 1.53. The van der Waals surface area contributed by atoms with Crippen LogP contribution in [-0.2, 0) is 16.6 Å². The van der Waals surface area contributed by atoms with Crippen LogP contribution in [0.15, 0.2) is 41.4 Å². The number of nitrogens with zero attached hydrogens (tertiary/aromatic N) is 2. The molecule has 5 nitrogen and oxygen atoms in total. The van der Waals surface area contributed by atoms with E-state index in [0.717, 1.165) is 5.56 Å². The second-order valence-electron chi connectivity index (χ2n) is 4.06. The zero-order valence-electron chi connectivity index (χ0n) is 10.9. The van der Waals surface area contributed by atoms with Gasteiger partial charge in [-0.05, 0) is 29.8 Å². The van der Waals surface area contributed by atoms with Crippen LogP contribution in [0.2, 0.25) is 0 Å². The number of benzene rings is 1. The smallest absolute Gasteiger partial charge is 0.140 e. The highest BCUT2D eigenvalue weighted by Crippen LogP contribution is 2.26. The first kappa shape index (κ1) is 14.0. The van der Waals surface area contributed by atoms with E-state index in [1.807, 2.05) is 6.07 Å². The van der Waals surface area contributed by atoms with Crippen LogP contribution in [0, 0.1) is 11.3 Å². The molecule has 1 heterocycles. The lowest BCUT2D eigenvalue weighted by Crippen LogP contribution is -2.01. The molecule has 0 aliphatic heterocycles. The quantitative estimate of drug-likeness (QED) is 0.867. The Morgan fingerprint density at radius 2 is 2.20 bits per heavy atom. The number of methoxy groups -OCH3 is 1. The second kappa shape index (κ2) is 6.17. The first-order chi connectivity index (χ1) is 9.63.